The Morgan fingerprint density at radius 1 is 1.00 bits per heavy atom. The first-order chi connectivity index (χ1) is 12.1. The van der Waals surface area contributed by atoms with Crippen molar-refractivity contribution in [2.24, 2.45) is 0 Å². The third kappa shape index (κ3) is 2.87. The molecule has 124 valence electrons. The molecule has 25 heavy (non-hydrogen) atoms. The van der Waals surface area contributed by atoms with Crippen molar-refractivity contribution in [3.8, 4) is 17.0 Å². The fourth-order valence-corrected chi connectivity index (χ4v) is 3.18. The van der Waals surface area contributed by atoms with E-state index in [2.05, 4.69) is 34.2 Å². The van der Waals surface area contributed by atoms with Crippen molar-refractivity contribution in [2.75, 3.05) is 5.32 Å². The fraction of sp³-hybridized carbons (Fsp3) is 0.0500. The first kappa shape index (κ1) is 15.7. The van der Waals surface area contributed by atoms with Crippen LogP contribution in [0.2, 0.25) is 0 Å². The van der Waals surface area contributed by atoms with E-state index in [9.17, 15) is 5.11 Å². The standard InChI is InChI=1S/C20H16BrN3O/c1-13-6-2-4-8-16(13)22-20-19(15-7-3-5-9-17(15)25)23-18-11-10-14(21)12-24(18)20/h2-12,22,25H,1H3. The highest BCUT2D eigenvalue weighted by atomic mass is 79.9. The molecular formula is C20H16BrN3O. The largest absolute Gasteiger partial charge is 0.507 e. The van der Waals surface area contributed by atoms with Gasteiger partial charge in [-0.3, -0.25) is 4.40 Å². The van der Waals surface area contributed by atoms with Crippen molar-refractivity contribution in [3.63, 3.8) is 0 Å². The molecule has 4 nitrogen and oxygen atoms in total. The zero-order chi connectivity index (χ0) is 17.4. The van der Waals surface area contributed by atoms with Gasteiger partial charge in [0.1, 0.15) is 22.9 Å². The number of rotatable bonds is 3. The Kier molecular flexibility index (Phi) is 3.93. The van der Waals surface area contributed by atoms with Crippen molar-refractivity contribution in [3.05, 3.63) is 76.9 Å². The number of benzene rings is 2. The van der Waals surface area contributed by atoms with Crippen LogP contribution in [0.15, 0.2) is 71.3 Å². The van der Waals surface area contributed by atoms with E-state index in [0.29, 0.717) is 11.3 Å². The van der Waals surface area contributed by atoms with E-state index in [4.69, 9.17) is 4.98 Å². The van der Waals surface area contributed by atoms with Gasteiger partial charge in [-0.1, -0.05) is 30.3 Å². The number of aryl methyl sites for hydroxylation is 1. The van der Waals surface area contributed by atoms with Gasteiger partial charge in [0.25, 0.3) is 0 Å². The molecule has 0 unspecified atom stereocenters. The second-order valence-corrected chi connectivity index (χ2v) is 6.76. The van der Waals surface area contributed by atoms with Gasteiger partial charge in [0.15, 0.2) is 0 Å². The molecule has 0 saturated heterocycles. The lowest BCUT2D eigenvalue weighted by Crippen LogP contribution is -1.98. The lowest BCUT2D eigenvalue weighted by atomic mass is 10.1. The van der Waals surface area contributed by atoms with E-state index in [1.807, 2.05) is 53.1 Å². The topological polar surface area (TPSA) is 49.6 Å². The Balaban J connectivity index is 1.97. The highest BCUT2D eigenvalue weighted by Crippen LogP contribution is 2.36. The van der Waals surface area contributed by atoms with Crippen LogP contribution >= 0.6 is 15.9 Å². The molecule has 0 amide bonds. The molecule has 0 atom stereocenters. The van der Waals surface area contributed by atoms with Gasteiger partial charge >= 0.3 is 0 Å². The van der Waals surface area contributed by atoms with Crippen LogP contribution < -0.4 is 5.32 Å². The van der Waals surface area contributed by atoms with Crippen LogP contribution in [0.25, 0.3) is 16.9 Å². The number of aromatic nitrogens is 2. The van der Waals surface area contributed by atoms with E-state index in [-0.39, 0.29) is 5.75 Å². The van der Waals surface area contributed by atoms with E-state index in [1.54, 1.807) is 12.1 Å². The molecule has 0 spiro atoms. The molecule has 2 aromatic heterocycles. The second kappa shape index (κ2) is 6.26. The molecule has 0 aliphatic rings. The average molecular weight is 394 g/mol. The Hall–Kier alpha value is -2.79. The SMILES string of the molecule is Cc1ccccc1Nc1c(-c2ccccc2O)nc2ccc(Br)cn12. The van der Waals surface area contributed by atoms with Crippen molar-refractivity contribution >= 4 is 33.1 Å². The molecule has 4 aromatic rings. The number of phenols is 1. The number of anilines is 2. The zero-order valence-electron chi connectivity index (χ0n) is 13.6. The monoisotopic (exact) mass is 393 g/mol. The van der Waals surface area contributed by atoms with Crippen molar-refractivity contribution in [2.45, 2.75) is 6.92 Å². The van der Waals surface area contributed by atoms with Gasteiger partial charge in [0.2, 0.25) is 0 Å². The summed E-state index contributed by atoms with van der Waals surface area (Å²) in [6, 6.07) is 19.2. The van der Waals surface area contributed by atoms with Gasteiger partial charge in [-0.25, -0.2) is 4.98 Å². The molecule has 0 aliphatic carbocycles. The Bertz CT molecular complexity index is 1070. The lowest BCUT2D eigenvalue weighted by molar-refractivity contribution is 0.477. The van der Waals surface area contributed by atoms with Gasteiger partial charge < -0.3 is 10.4 Å². The van der Waals surface area contributed by atoms with Crippen LogP contribution in [-0.2, 0) is 0 Å². The van der Waals surface area contributed by atoms with Crippen molar-refractivity contribution in [1.82, 2.24) is 9.38 Å². The quantitative estimate of drug-likeness (QED) is 0.481. The van der Waals surface area contributed by atoms with Crippen LogP contribution in [0.5, 0.6) is 5.75 Å². The van der Waals surface area contributed by atoms with E-state index in [1.165, 1.54) is 0 Å². The summed E-state index contributed by atoms with van der Waals surface area (Å²) in [6.07, 6.45) is 1.96. The number of aromatic hydroxyl groups is 1. The number of nitrogens with zero attached hydrogens (tertiary/aromatic N) is 2. The first-order valence-corrected chi connectivity index (χ1v) is 8.71. The van der Waals surface area contributed by atoms with Gasteiger partial charge in [-0.2, -0.15) is 0 Å². The summed E-state index contributed by atoms with van der Waals surface area (Å²) in [4.78, 5) is 4.73. The van der Waals surface area contributed by atoms with Gasteiger partial charge in [0.05, 0.1) is 0 Å². The van der Waals surface area contributed by atoms with E-state index >= 15 is 0 Å². The van der Waals surface area contributed by atoms with Crippen LogP contribution in [0.1, 0.15) is 5.56 Å². The van der Waals surface area contributed by atoms with Crippen LogP contribution in [0.3, 0.4) is 0 Å². The van der Waals surface area contributed by atoms with Gasteiger partial charge in [-0.15, -0.1) is 0 Å². The average Bonchev–Trinajstić information content (AvgIpc) is 2.95. The van der Waals surface area contributed by atoms with Crippen molar-refractivity contribution < 1.29 is 5.11 Å². The third-order valence-corrected chi connectivity index (χ3v) is 4.61. The normalized spacial score (nSPS) is 11.0. The predicted molar refractivity (Wildman–Crippen MR) is 104 cm³/mol. The molecule has 2 aromatic carbocycles. The summed E-state index contributed by atoms with van der Waals surface area (Å²) < 4.78 is 2.94. The highest BCUT2D eigenvalue weighted by molar-refractivity contribution is 9.10. The maximum Gasteiger partial charge on any atom is 0.143 e. The Morgan fingerprint density at radius 2 is 1.76 bits per heavy atom. The predicted octanol–water partition coefficient (Wildman–Crippen LogP) is 5.52. The fourth-order valence-electron chi connectivity index (χ4n) is 2.84. The molecule has 0 radical (unpaired) electrons. The lowest BCUT2D eigenvalue weighted by Gasteiger charge is -2.12. The number of fused-ring (bicyclic) bond motifs is 1. The number of hydrogen-bond acceptors (Lipinski definition) is 3. The highest BCUT2D eigenvalue weighted by Gasteiger charge is 2.17. The summed E-state index contributed by atoms with van der Waals surface area (Å²) in [6.45, 7) is 2.06. The Labute approximate surface area is 153 Å². The van der Waals surface area contributed by atoms with E-state index < -0.39 is 0 Å². The molecular weight excluding hydrogens is 378 g/mol. The maximum atomic E-state index is 10.3. The number of halogens is 1. The van der Waals surface area contributed by atoms with Crippen molar-refractivity contribution in [1.29, 1.82) is 0 Å². The number of phenolic OH excluding ortho intramolecular Hbond substituents is 1. The molecule has 2 N–H and O–H groups in total. The molecule has 0 aliphatic heterocycles. The molecule has 5 heteroatoms. The van der Waals surface area contributed by atoms with E-state index in [0.717, 1.165) is 27.2 Å². The summed E-state index contributed by atoms with van der Waals surface area (Å²) in [5, 5.41) is 13.8. The van der Waals surface area contributed by atoms with Crippen LogP contribution in [-0.4, -0.2) is 14.5 Å². The van der Waals surface area contributed by atoms with Gasteiger partial charge in [-0.05, 0) is 58.7 Å². The molecule has 0 bridgehead atoms. The first-order valence-electron chi connectivity index (χ1n) is 7.92. The number of hydrogen-bond donors (Lipinski definition) is 2. The Morgan fingerprint density at radius 3 is 2.56 bits per heavy atom. The molecule has 4 rings (SSSR count). The second-order valence-electron chi connectivity index (χ2n) is 5.84. The summed E-state index contributed by atoms with van der Waals surface area (Å²) >= 11 is 3.52. The summed E-state index contributed by atoms with van der Waals surface area (Å²) in [5.41, 5.74) is 4.34. The van der Waals surface area contributed by atoms with Crippen LogP contribution in [0.4, 0.5) is 11.5 Å². The smallest absolute Gasteiger partial charge is 0.143 e. The number of para-hydroxylation sites is 2. The maximum absolute atomic E-state index is 10.3. The minimum atomic E-state index is 0.206. The zero-order valence-corrected chi connectivity index (χ0v) is 15.2. The summed E-state index contributed by atoms with van der Waals surface area (Å²) in [7, 11) is 0. The minimum absolute atomic E-state index is 0.206. The number of pyridine rings is 1. The summed E-state index contributed by atoms with van der Waals surface area (Å²) in [5.74, 6) is 1.02. The molecule has 2 heterocycles. The minimum Gasteiger partial charge on any atom is -0.507 e. The molecule has 0 fully saturated rings. The number of imidazole rings is 1. The van der Waals surface area contributed by atoms with Crippen LogP contribution in [0, 0.1) is 6.92 Å². The third-order valence-electron chi connectivity index (χ3n) is 4.14. The number of nitrogens with one attached hydrogen (secondary N) is 1. The molecule has 0 saturated carbocycles. The van der Waals surface area contributed by atoms with Gasteiger partial charge in [0, 0.05) is 21.9 Å².